The number of carbonyl (C=O) groups is 2. The maximum Gasteiger partial charge on any atom is 0.332 e. The van der Waals surface area contributed by atoms with E-state index in [4.69, 9.17) is 9.84 Å². The second-order valence-corrected chi connectivity index (χ2v) is 6.35. The predicted octanol–water partition coefficient (Wildman–Crippen LogP) is 1.31. The van der Waals surface area contributed by atoms with E-state index in [0.29, 0.717) is 19.4 Å². The molecule has 0 radical (unpaired) electrons. The van der Waals surface area contributed by atoms with Gasteiger partial charge in [-0.1, -0.05) is 0 Å². The summed E-state index contributed by atoms with van der Waals surface area (Å²) in [5, 5.41) is 17.1. The summed E-state index contributed by atoms with van der Waals surface area (Å²) in [6.45, 7) is 4.04. The first-order valence-corrected chi connectivity index (χ1v) is 7.60. The van der Waals surface area contributed by atoms with Crippen LogP contribution in [0, 0.1) is 0 Å². The van der Waals surface area contributed by atoms with Crippen molar-refractivity contribution >= 4 is 23.3 Å². The molecule has 0 spiro atoms. The lowest BCUT2D eigenvalue weighted by atomic mass is 10.1. The number of amides is 2. The number of carboxylic acid groups (broad SMARTS) is 1. The molecule has 1 aromatic rings. The van der Waals surface area contributed by atoms with Crippen LogP contribution < -0.4 is 10.6 Å². The summed E-state index contributed by atoms with van der Waals surface area (Å²) >= 11 is 1.48. The number of aliphatic carboxylic acids is 1. The second kappa shape index (κ2) is 6.40. The monoisotopic (exact) mass is 313 g/mol. The van der Waals surface area contributed by atoms with Crippen LogP contribution in [0.3, 0.4) is 0 Å². The fourth-order valence-corrected chi connectivity index (χ4v) is 2.88. The SMILES string of the molecule is CC(C)(NC(=O)NCC1CCC(C(=O)O)O1)c1nccs1. The third kappa shape index (κ3) is 4.15. The molecule has 2 heterocycles. The van der Waals surface area contributed by atoms with Crippen LogP contribution in [0.4, 0.5) is 4.79 Å². The van der Waals surface area contributed by atoms with Crippen LogP contribution in [0.1, 0.15) is 31.7 Å². The summed E-state index contributed by atoms with van der Waals surface area (Å²) in [7, 11) is 0. The van der Waals surface area contributed by atoms with Gasteiger partial charge in [0.1, 0.15) is 5.01 Å². The standard InChI is InChI=1S/C13H19N3O4S/c1-13(2,11-14-5-6-21-11)16-12(19)15-7-8-3-4-9(20-8)10(17)18/h5-6,8-9H,3-4,7H2,1-2H3,(H,17,18)(H2,15,16,19). The van der Waals surface area contributed by atoms with E-state index in [2.05, 4.69) is 15.6 Å². The molecule has 7 nitrogen and oxygen atoms in total. The van der Waals surface area contributed by atoms with Crippen LogP contribution in [0.25, 0.3) is 0 Å². The zero-order chi connectivity index (χ0) is 15.5. The van der Waals surface area contributed by atoms with E-state index in [1.807, 2.05) is 19.2 Å². The summed E-state index contributed by atoms with van der Waals surface area (Å²) in [6, 6.07) is -0.322. The van der Waals surface area contributed by atoms with Crippen LogP contribution in [0.2, 0.25) is 0 Å². The lowest BCUT2D eigenvalue weighted by molar-refractivity contribution is -0.149. The van der Waals surface area contributed by atoms with Gasteiger partial charge in [-0.3, -0.25) is 0 Å². The van der Waals surface area contributed by atoms with Crippen LogP contribution in [-0.4, -0.2) is 40.8 Å². The Hall–Kier alpha value is -1.67. The highest BCUT2D eigenvalue weighted by atomic mass is 32.1. The van der Waals surface area contributed by atoms with Gasteiger partial charge < -0.3 is 20.5 Å². The average Bonchev–Trinajstić information content (AvgIpc) is 3.07. The first-order valence-electron chi connectivity index (χ1n) is 6.73. The summed E-state index contributed by atoms with van der Waals surface area (Å²) in [6.07, 6.45) is 1.80. The summed E-state index contributed by atoms with van der Waals surface area (Å²) < 4.78 is 5.32. The highest BCUT2D eigenvalue weighted by Gasteiger charge is 2.31. The number of aromatic nitrogens is 1. The van der Waals surface area contributed by atoms with Crippen LogP contribution in [0.15, 0.2) is 11.6 Å². The average molecular weight is 313 g/mol. The highest BCUT2D eigenvalue weighted by molar-refractivity contribution is 7.09. The summed E-state index contributed by atoms with van der Waals surface area (Å²) in [4.78, 5) is 26.9. The molecule has 0 aliphatic carbocycles. The van der Waals surface area contributed by atoms with E-state index in [0.717, 1.165) is 5.01 Å². The van der Waals surface area contributed by atoms with Gasteiger partial charge in [-0.25, -0.2) is 14.6 Å². The molecular formula is C13H19N3O4S. The van der Waals surface area contributed by atoms with Crippen LogP contribution in [0.5, 0.6) is 0 Å². The van der Waals surface area contributed by atoms with Gasteiger partial charge in [0.25, 0.3) is 0 Å². The Morgan fingerprint density at radius 1 is 1.52 bits per heavy atom. The Balaban J connectivity index is 1.77. The molecule has 0 bridgehead atoms. The number of nitrogens with zero attached hydrogens (tertiary/aromatic N) is 1. The molecule has 0 aromatic carbocycles. The maximum absolute atomic E-state index is 11.9. The smallest absolute Gasteiger partial charge is 0.332 e. The fourth-order valence-electron chi connectivity index (χ4n) is 2.16. The molecule has 1 saturated heterocycles. The van der Waals surface area contributed by atoms with Gasteiger partial charge in [-0.2, -0.15) is 0 Å². The topological polar surface area (TPSA) is 101 Å². The number of hydrogen-bond donors (Lipinski definition) is 3. The quantitative estimate of drug-likeness (QED) is 0.761. The molecule has 1 aromatic heterocycles. The number of carbonyl (C=O) groups excluding carboxylic acids is 1. The van der Waals surface area contributed by atoms with Crippen molar-refractivity contribution < 1.29 is 19.4 Å². The van der Waals surface area contributed by atoms with E-state index in [1.54, 1.807) is 6.20 Å². The Morgan fingerprint density at radius 2 is 2.29 bits per heavy atom. The number of ether oxygens (including phenoxy) is 1. The Labute approximate surface area is 126 Å². The van der Waals surface area contributed by atoms with E-state index in [9.17, 15) is 9.59 Å². The fraction of sp³-hybridized carbons (Fsp3) is 0.615. The van der Waals surface area contributed by atoms with Gasteiger partial charge in [-0.05, 0) is 26.7 Å². The van der Waals surface area contributed by atoms with Crippen molar-refractivity contribution in [3.63, 3.8) is 0 Å². The lowest BCUT2D eigenvalue weighted by Gasteiger charge is -2.24. The molecule has 0 saturated carbocycles. The largest absolute Gasteiger partial charge is 0.479 e. The third-order valence-corrected chi connectivity index (χ3v) is 4.36. The molecule has 1 fully saturated rings. The van der Waals surface area contributed by atoms with Gasteiger partial charge in [0.15, 0.2) is 6.10 Å². The Morgan fingerprint density at radius 3 is 2.86 bits per heavy atom. The molecule has 8 heteroatoms. The normalized spacial score (nSPS) is 22.0. The Kier molecular flexibility index (Phi) is 4.79. The molecule has 3 N–H and O–H groups in total. The first-order chi connectivity index (χ1) is 9.88. The van der Waals surface area contributed by atoms with Crippen molar-refractivity contribution in [3.8, 4) is 0 Å². The maximum atomic E-state index is 11.9. The minimum Gasteiger partial charge on any atom is -0.479 e. The molecule has 1 aliphatic heterocycles. The molecule has 116 valence electrons. The highest BCUT2D eigenvalue weighted by Crippen LogP contribution is 2.22. The van der Waals surface area contributed by atoms with Gasteiger partial charge in [0, 0.05) is 18.1 Å². The molecular weight excluding hydrogens is 294 g/mol. The molecule has 2 unspecified atom stereocenters. The molecule has 21 heavy (non-hydrogen) atoms. The van der Waals surface area contributed by atoms with Crippen molar-refractivity contribution in [3.05, 3.63) is 16.6 Å². The van der Waals surface area contributed by atoms with Crippen molar-refractivity contribution in [2.45, 2.75) is 44.4 Å². The number of hydrogen-bond acceptors (Lipinski definition) is 5. The number of nitrogens with one attached hydrogen (secondary N) is 2. The van der Waals surface area contributed by atoms with Crippen molar-refractivity contribution in [1.82, 2.24) is 15.6 Å². The zero-order valence-corrected chi connectivity index (χ0v) is 12.8. The van der Waals surface area contributed by atoms with E-state index in [-0.39, 0.29) is 12.1 Å². The van der Waals surface area contributed by atoms with Gasteiger partial charge in [0.05, 0.1) is 11.6 Å². The van der Waals surface area contributed by atoms with Gasteiger partial charge in [0.2, 0.25) is 0 Å². The molecule has 2 atom stereocenters. The number of urea groups is 1. The second-order valence-electron chi connectivity index (χ2n) is 5.46. The number of carboxylic acids is 1. The van der Waals surface area contributed by atoms with Crippen molar-refractivity contribution in [2.24, 2.45) is 0 Å². The van der Waals surface area contributed by atoms with Crippen molar-refractivity contribution in [1.29, 1.82) is 0 Å². The number of thiazole rings is 1. The Bertz CT molecular complexity index is 504. The molecule has 2 amide bonds. The van der Waals surface area contributed by atoms with E-state index < -0.39 is 17.6 Å². The van der Waals surface area contributed by atoms with Crippen LogP contribution >= 0.6 is 11.3 Å². The zero-order valence-electron chi connectivity index (χ0n) is 12.0. The summed E-state index contributed by atoms with van der Waals surface area (Å²) in [5.74, 6) is -0.952. The van der Waals surface area contributed by atoms with Crippen LogP contribution in [-0.2, 0) is 15.1 Å². The first kappa shape index (κ1) is 15.7. The van der Waals surface area contributed by atoms with E-state index in [1.165, 1.54) is 11.3 Å². The predicted molar refractivity (Wildman–Crippen MR) is 77.2 cm³/mol. The number of rotatable bonds is 5. The van der Waals surface area contributed by atoms with Crippen molar-refractivity contribution in [2.75, 3.05) is 6.54 Å². The van der Waals surface area contributed by atoms with Gasteiger partial charge >= 0.3 is 12.0 Å². The summed E-state index contributed by atoms with van der Waals surface area (Å²) in [5.41, 5.74) is -0.557. The third-order valence-electron chi connectivity index (χ3n) is 3.27. The van der Waals surface area contributed by atoms with E-state index >= 15 is 0 Å². The molecule has 2 rings (SSSR count). The minimum absolute atomic E-state index is 0.250. The molecule has 1 aliphatic rings. The minimum atomic E-state index is -0.952. The lowest BCUT2D eigenvalue weighted by Crippen LogP contribution is -2.48. The van der Waals surface area contributed by atoms with Gasteiger partial charge in [-0.15, -0.1) is 11.3 Å².